The van der Waals surface area contributed by atoms with Crippen molar-refractivity contribution in [3.63, 3.8) is 0 Å². The van der Waals surface area contributed by atoms with E-state index in [1.807, 2.05) is 13.8 Å². The smallest absolute Gasteiger partial charge is 0.242 e. The lowest BCUT2D eigenvalue weighted by molar-refractivity contribution is -0.121. The summed E-state index contributed by atoms with van der Waals surface area (Å²) in [7, 11) is -3.94. The summed E-state index contributed by atoms with van der Waals surface area (Å²) in [5, 5.41) is 2.72. The van der Waals surface area contributed by atoms with Crippen LogP contribution in [0.15, 0.2) is 23.1 Å². The molecule has 0 heterocycles. The Kier molecular flexibility index (Phi) is 6.10. The predicted octanol–water partition coefficient (Wildman–Crippen LogP) is 0.991. The zero-order valence-electron chi connectivity index (χ0n) is 12.0. The standard InChI is InChI=1S/C13H20FN3O3S/c1-3-9(2)17-12(18)7-8-16-21(19,20)11-6-4-5-10(14)13(11)15/h4-6,9,16H,3,7-8,15H2,1-2H3,(H,17,18). The molecule has 0 spiro atoms. The lowest BCUT2D eigenvalue weighted by Crippen LogP contribution is -2.35. The number of rotatable bonds is 7. The first-order chi connectivity index (χ1) is 9.77. The van der Waals surface area contributed by atoms with Crippen LogP contribution in [0.4, 0.5) is 10.1 Å². The van der Waals surface area contributed by atoms with Gasteiger partial charge in [-0.2, -0.15) is 0 Å². The molecule has 1 aromatic carbocycles. The van der Waals surface area contributed by atoms with Crippen LogP contribution in [0.1, 0.15) is 26.7 Å². The van der Waals surface area contributed by atoms with Crippen LogP contribution >= 0.6 is 0 Å². The number of amides is 1. The number of nitrogen functional groups attached to an aromatic ring is 1. The van der Waals surface area contributed by atoms with Crippen LogP contribution in [0.2, 0.25) is 0 Å². The largest absolute Gasteiger partial charge is 0.395 e. The second-order valence-corrected chi connectivity index (χ2v) is 6.41. The highest BCUT2D eigenvalue weighted by Crippen LogP contribution is 2.20. The van der Waals surface area contributed by atoms with Gasteiger partial charge in [-0.25, -0.2) is 17.5 Å². The maximum absolute atomic E-state index is 13.3. The van der Waals surface area contributed by atoms with Gasteiger partial charge in [-0.1, -0.05) is 13.0 Å². The van der Waals surface area contributed by atoms with Gasteiger partial charge >= 0.3 is 0 Å². The van der Waals surface area contributed by atoms with Gasteiger partial charge in [0.05, 0.1) is 5.69 Å². The first-order valence-electron chi connectivity index (χ1n) is 6.61. The number of carbonyl (C=O) groups excluding carboxylic acids is 1. The molecule has 0 saturated heterocycles. The molecule has 21 heavy (non-hydrogen) atoms. The summed E-state index contributed by atoms with van der Waals surface area (Å²) in [6.45, 7) is 3.70. The molecule has 0 aliphatic carbocycles. The molecule has 6 nitrogen and oxygen atoms in total. The number of hydrogen-bond donors (Lipinski definition) is 3. The summed E-state index contributed by atoms with van der Waals surface area (Å²) < 4.78 is 39.4. The molecule has 0 bridgehead atoms. The minimum absolute atomic E-state index is 0.00120. The molecule has 118 valence electrons. The van der Waals surface area contributed by atoms with Gasteiger partial charge in [0.1, 0.15) is 10.7 Å². The third-order valence-electron chi connectivity index (χ3n) is 2.97. The van der Waals surface area contributed by atoms with Crippen molar-refractivity contribution in [3.05, 3.63) is 24.0 Å². The van der Waals surface area contributed by atoms with E-state index < -0.39 is 21.5 Å². The summed E-state index contributed by atoms with van der Waals surface area (Å²) in [6, 6.07) is 3.58. The van der Waals surface area contributed by atoms with Crippen molar-refractivity contribution in [2.75, 3.05) is 12.3 Å². The van der Waals surface area contributed by atoms with Crippen LogP contribution in [-0.4, -0.2) is 26.9 Å². The number of para-hydroxylation sites is 1. The summed E-state index contributed by atoms with van der Waals surface area (Å²) in [6.07, 6.45) is 0.788. The van der Waals surface area contributed by atoms with E-state index in [-0.39, 0.29) is 29.8 Å². The molecule has 0 aliphatic rings. The maximum Gasteiger partial charge on any atom is 0.242 e. The highest BCUT2D eigenvalue weighted by Gasteiger charge is 2.19. The minimum Gasteiger partial charge on any atom is -0.395 e. The molecular weight excluding hydrogens is 297 g/mol. The Morgan fingerprint density at radius 1 is 1.43 bits per heavy atom. The average molecular weight is 317 g/mol. The summed E-state index contributed by atoms with van der Waals surface area (Å²) in [5.74, 6) is -1.05. The minimum atomic E-state index is -3.94. The molecule has 0 radical (unpaired) electrons. The molecule has 0 aromatic heterocycles. The fourth-order valence-electron chi connectivity index (χ4n) is 1.58. The van der Waals surface area contributed by atoms with Crippen molar-refractivity contribution < 1.29 is 17.6 Å². The van der Waals surface area contributed by atoms with Crippen LogP contribution in [0, 0.1) is 5.82 Å². The zero-order chi connectivity index (χ0) is 16.0. The Labute approximate surface area is 124 Å². The fourth-order valence-corrected chi connectivity index (χ4v) is 2.75. The first kappa shape index (κ1) is 17.4. The molecule has 1 amide bonds. The summed E-state index contributed by atoms with van der Waals surface area (Å²) in [5.41, 5.74) is 4.97. The SMILES string of the molecule is CCC(C)NC(=O)CCNS(=O)(=O)c1cccc(F)c1N. The Bertz CT molecular complexity index is 605. The van der Waals surface area contributed by atoms with Gasteiger partial charge in [0.15, 0.2) is 0 Å². The van der Waals surface area contributed by atoms with E-state index in [0.717, 1.165) is 12.5 Å². The van der Waals surface area contributed by atoms with E-state index in [1.54, 1.807) is 0 Å². The van der Waals surface area contributed by atoms with Gasteiger partial charge < -0.3 is 11.1 Å². The molecule has 1 rings (SSSR count). The van der Waals surface area contributed by atoms with Gasteiger partial charge in [-0.05, 0) is 25.5 Å². The monoisotopic (exact) mass is 317 g/mol. The normalized spacial score (nSPS) is 12.9. The van der Waals surface area contributed by atoms with Crippen molar-refractivity contribution in [1.82, 2.24) is 10.0 Å². The number of anilines is 1. The molecule has 1 unspecified atom stereocenters. The number of hydrogen-bond acceptors (Lipinski definition) is 4. The van der Waals surface area contributed by atoms with Crippen LogP contribution < -0.4 is 15.8 Å². The first-order valence-corrected chi connectivity index (χ1v) is 8.09. The quantitative estimate of drug-likeness (QED) is 0.653. The fraction of sp³-hybridized carbons (Fsp3) is 0.462. The van der Waals surface area contributed by atoms with Crippen molar-refractivity contribution in [2.24, 2.45) is 0 Å². The van der Waals surface area contributed by atoms with Crippen LogP contribution in [0.5, 0.6) is 0 Å². The summed E-state index contributed by atoms with van der Waals surface area (Å²) in [4.78, 5) is 11.2. The lowest BCUT2D eigenvalue weighted by Gasteiger charge is -2.12. The van der Waals surface area contributed by atoms with Crippen molar-refractivity contribution in [3.8, 4) is 0 Å². The summed E-state index contributed by atoms with van der Waals surface area (Å²) >= 11 is 0. The highest BCUT2D eigenvalue weighted by molar-refractivity contribution is 7.89. The second kappa shape index (κ2) is 7.37. The second-order valence-electron chi connectivity index (χ2n) is 4.68. The molecule has 8 heteroatoms. The van der Waals surface area contributed by atoms with Crippen molar-refractivity contribution in [2.45, 2.75) is 37.6 Å². The zero-order valence-corrected chi connectivity index (χ0v) is 12.8. The molecule has 4 N–H and O–H groups in total. The van der Waals surface area contributed by atoms with E-state index in [2.05, 4.69) is 10.0 Å². The Morgan fingerprint density at radius 2 is 2.10 bits per heavy atom. The van der Waals surface area contributed by atoms with Gasteiger partial charge in [0, 0.05) is 19.0 Å². The van der Waals surface area contributed by atoms with Gasteiger partial charge in [-0.3, -0.25) is 4.79 Å². The maximum atomic E-state index is 13.3. The predicted molar refractivity (Wildman–Crippen MR) is 78.5 cm³/mol. The van der Waals surface area contributed by atoms with Gasteiger partial charge in [0.25, 0.3) is 0 Å². The van der Waals surface area contributed by atoms with E-state index in [9.17, 15) is 17.6 Å². The van der Waals surface area contributed by atoms with Crippen LogP contribution in [0.3, 0.4) is 0 Å². The van der Waals surface area contributed by atoms with Crippen LogP contribution in [0.25, 0.3) is 0 Å². The number of halogens is 1. The Hall–Kier alpha value is -1.67. The lowest BCUT2D eigenvalue weighted by atomic mass is 10.2. The van der Waals surface area contributed by atoms with E-state index in [1.165, 1.54) is 12.1 Å². The van der Waals surface area contributed by atoms with Gasteiger partial charge in [0.2, 0.25) is 15.9 Å². The Balaban J connectivity index is 2.62. The van der Waals surface area contributed by atoms with Crippen molar-refractivity contribution in [1.29, 1.82) is 0 Å². The van der Waals surface area contributed by atoms with Crippen LogP contribution in [-0.2, 0) is 14.8 Å². The molecule has 0 aliphatic heterocycles. The number of nitrogens with two attached hydrogens (primary N) is 1. The molecule has 1 atom stereocenters. The van der Waals surface area contributed by atoms with E-state index in [0.29, 0.717) is 0 Å². The third kappa shape index (κ3) is 4.98. The highest BCUT2D eigenvalue weighted by atomic mass is 32.2. The van der Waals surface area contributed by atoms with E-state index in [4.69, 9.17) is 5.73 Å². The number of benzene rings is 1. The topological polar surface area (TPSA) is 101 Å². The Morgan fingerprint density at radius 3 is 2.71 bits per heavy atom. The van der Waals surface area contributed by atoms with Gasteiger partial charge in [-0.15, -0.1) is 0 Å². The molecule has 0 saturated carbocycles. The van der Waals surface area contributed by atoms with Crippen molar-refractivity contribution >= 4 is 21.6 Å². The molecule has 0 fully saturated rings. The average Bonchev–Trinajstić information content (AvgIpc) is 2.41. The third-order valence-corrected chi connectivity index (χ3v) is 4.49. The number of nitrogens with one attached hydrogen (secondary N) is 2. The molecule has 1 aromatic rings. The number of sulfonamides is 1. The molecular formula is C13H20FN3O3S. The van der Waals surface area contributed by atoms with E-state index >= 15 is 0 Å². The number of carbonyl (C=O) groups is 1.